The molecule has 2 N–H and O–H groups in total. The van der Waals surface area contributed by atoms with E-state index in [1.807, 2.05) is 0 Å². The minimum atomic E-state index is -0.731. The van der Waals surface area contributed by atoms with Crippen molar-refractivity contribution in [2.24, 2.45) is 0 Å². The molecule has 0 saturated heterocycles. The summed E-state index contributed by atoms with van der Waals surface area (Å²) >= 11 is 0. The van der Waals surface area contributed by atoms with Crippen molar-refractivity contribution in [2.45, 2.75) is 70.8 Å². The molecule has 0 fully saturated rings. The molecule has 0 spiro atoms. The zero-order valence-electron chi connectivity index (χ0n) is 10.8. The van der Waals surface area contributed by atoms with Crippen molar-refractivity contribution in [1.29, 1.82) is 0 Å². The van der Waals surface area contributed by atoms with E-state index in [1.54, 1.807) is 7.05 Å². The van der Waals surface area contributed by atoms with Crippen molar-refractivity contribution in [2.75, 3.05) is 7.05 Å². The Balaban J connectivity index is 3.22. The van der Waals surface area contributed by atoms with Gasteiger partial charge in [-0.2, -0.15) is 0 Å². The molecule has 0 aromatic heterocycles. The average Bonchev–Trinajstić information content (AvgIpc) is 2.26. The fraction of sp³-hybridized carbons (Fsp3) is 0.923. The molecule has 0 heterocycles. The van der Waals surface area contributed by atoms with Crippen LogP contribution in [-0.4, -0.2) is 24.2 Å². The molecule has 1 unspecified atom stereocenters. The SMILES string of the molecule is CCCCCCCCCCC(NC)C(=O)O. The maximum absolute atomic E-state index is 10.7. The maximum Gasteiger partial charge on any atom is 0.320 e. The van der Waals surface area contributed by atoms with Crippen molar-refractivity contribution in [3.8, 4) is 0 Å². The van der Waals surface area contributed by atoms with Crippen molar-refractivity contribution in [3.05, 3.63) is 0 Å². The minimum Gasteiger partial charge on any atom is -0.480 e. The van der Waals surface area contributed by atoms with Gasteiger partial charge in [0.2, 0.25) is 0 Å². The van der Waals surface area contributed by atoms with Gasteiger partial charge >= 0.3 is 5.97 Å². The van der Waals surface area contributed by atoms with Gasteiger partial charge in [0.15, 0.2) is 0 Å². The first-order valence-corrected chi connectivity index (χ1v) is 6.62. The molecule has 0 aliphatic carbocycles. The number of hydrogen-bond donors (Lipinski definition) is 2. The Morgan fingerprint density at radius 3 is 2.00 bits per heavy atom. The van der Waals surface area contributed by atoms with E-state index in [1.165, 1.54) is 38.5 Å². The van der Waals surface area contributed by atoms with Gasteiger partial charge in [0.25, 0.3) is 0 Å². The molecule has 1 atom stereocenters. The summed E-state index contributed by atoms with van der Waals surface area (Å²) in [6.07, 6.45) is 10.8. The highest BCUT2D eigenvalue weighted by Gasteiger charge is 2.13. The fourth-order valence-corrected chi connectivity index (χ4v) is 1.87. The summed E-state index contributed by atoms with van der Waals surface area (Å²) in [5.41, 5.74) is 0. The lowest BCUT2D eigenvalue weighted by Crippen LogP contribution is -2.33. The summed E-state index contributed by atoms with van der Waals surface area (Å²) in [6, 6.07) is -0.361. The Labute approximate surface area is 99.6 Å². The lowest BCUT2D eigenvalue weighted by atomic mass is 10.0. The molecule has 16 heavy (non-hydrogen) atoms. The van der Waals surface area contributed by atoms with Crippen LogP contribution in [0.2, 0.25) is 0 Å². The first kappa shape index (κ1) is 15.4. The van der Waals surface area contributed by atoms with E-state index >= 15 is 0 Å². The van der Waals surface area contributed by atoms with E-state index < -0.39 is 5.97 Å². The predicted octanol–water partition coefficient (Wildman–Crippen LogP) is 3.19. The van der Waals surface area contributed by atoms with Crippen LogP contribution in [-0.2, 0) is 4.79 Å². The van der Waals surface area contributed by atoms with Gasteiger partial charge in [-0.05, 0) is 13.5 Å². The van der Waals surface area contributed by atoms with Crippen LogP contribution in [0.5, 0.6) is 0 Å². The van der Waals surface area contributed by atoms with Gasteiger partial charge in [-0.3, -0.25) is 4.79 Å². The molecule has 0 aromatic carbocycles. The van der Waals surface area contributed by atoms with E-state index in [4.69, 9.17) is 5.11 Å². The number of unbranched alkanes of at least 4 members (excludes halogenated alkanes) is 7. The fourth-order valence-electron chi connectivity index (χ4n) is 1.87. The largest absolute Gasteiger partial charge is 0.480 e. The lowest BCUT2D eigenvalue weighted by Gasteiger charge is -2.10. The van der Waals surface area contributed by atoms with E-state index in [0.29, 0.717) is 0 Å². The average molecular weight is 229 g/mol. The quantitative estimate of drug-likeness (QED) is 0.535. The lowest BCUT2D eigenvalue weighted by molar-refractivity contribution is -0.139. The van der Waals surface area contributed by atoms with Gasteiger partial charge in [-0.25, -0.2) is 0 Å². The monoisotopic (exact) mass is 229 g/mol. The van der Waals surface area contributed by atoms with Gasteiger partial charge in [0.1, 0.15) is 6.04 Å². The standard InChI is InChI=1S/C13H27NO2/c1-3-4-5-6-7-8-9-10-11-12(14-2)13(15)16/h12,14H,3-11H2,1-2H3,(H,15,16). The summed E-state index contributed by atoms with van der Waals surface area (Å²) in [6.45, 7) is 2.23. The Morgan fingerprint density at radius 1 is 1.06 bits per heavy atom. The van der Waals surface area contributed by atoms with E-state index in [9.17, 15) is 4.79 Å². The van der Waals surface area contributed by atoms with Gasteiger partial charge in [0, 0.05) is 0 Å². The summed E-state index contributed by atoms with van der Waals surface area (Å²) in [5, 5.41) is 11.6. The van der Waals surface area contributed by atoms with Gasteiger partial charge < -0.3 is 10.4 Å². The van der Waals surface area contributed by atoms with Crippen LogP contribution < -0.4 is 5.32 Å². The number of aliphatic carboxylic acids is 1. The second-order valence-electron chi connectivity index (χ2n) is 4.44. The molecule has 0 amide bonds. The summed E-state index contributed by atoms with van der Waals surface area (Å²) in [5.74, 6) is -0.731. The van der Waals surface area contributed by atoms with E-state index in [0.717, 1.165) is 19.3 Å². The minimum absolute atomic E-state index is 0.361. The number of carboxylic acids is 1. The van der Waals surface area contributed by atoms with Crippen molar-refractivity contribution < 1.29 is 9.90 Å². The molecular formula is C13H27NO2. The smallest absolute Gasteiger partial charge is 0.320 e. The third-order valence-electron chi connectivity index (χ3n) is 2.99. The second kappa shape index (κ2) is 10.9. The topological polar surface area (TPSA) is 49.3 Å². The molecule has 3 nitrogen and oxygen atoms in total. The van der Waals surface area contributed by atoms with E-state index in [-0.39, 0.29) is 6.04 Å². The molecule has 0 aliphatic rings. The first-order chi connectivity index (χ1) is 7.72. The Kier molecular flexibility index (Phi) is 10.5. The number of rotatable bonds is 11. The Hall–Kier alpha value is -0.570. The highest BCUT2D eigenvalue weighted by molar-refractivity contribution is 5.73. The molecular weight excluding hydrogens is 202 g/mol. The Bertz CT molecular complexity index is 171. The van der Waals surface area contributed by atoms with Gasteiger partial charge in [-0.15, -0.1) is 0 Å². The van der Waals surface area contributed by atoms with Gasteiger partial charge in [0.05, 0.1) is 0 Å². The van der Waals surface area contributed by atoms with Crippen LogP contribution in [0.15, 0.2) is 0 Å². The number of hydrogen-bond acceptors (Lipinski definition) is 2. The third kappa shape index (κ3) is 8.72. The van der Waals surface area contributed by atoms with Crippen LogP contribution >= 0.6 is 0 Å². The summed E-state index contributed by atoms with van der Waals surface area (Å²) in [7, 11) is 1.71. The number of carbonyl (C=O) groups is 1. The van der Waals surface area contributed by atoms with Gasteiger partial charge in [-0.1, -0.05) is 58.3 Å². The molecule has 0 rings (SSSR count). The van der Waals surface area contributed by atoms with Crippen LogP contribution in [0.1, 0.15) is 64.7 Å². The molecule has 3 heteroatoms. The number of nitrogens with one attached hydrogen (secondary N) is 1. The van der Waals surface area contributed by atoms with Crippen LogP contribution in [0, 0.1) is 0 Å². The molecule has 0 aliphatic heterocycles. The molecule has 0 aromatic rings. The van der Waals surface area contributed by atoms with Crippen molar-refractivity contribution >= 4 is 5.97 Å². The third-order valence-corrected chi connectivity index (χ3v) is 2.99. The maximum atomic E-state index is 10.7. The van der Waals surface area contributed by atoms with Crippen LogP contribution in [0.25, 0.3) is 0 Å². The Morgan fingerprint density at radius 2 is 1.56 bits per heavy atom. The molecule has 0 bridgehead atoms. The molecule has 96 valence electrons. The second-order valence-corrected chi connectivity index (χ2v) is 4.44. The zero-order chi connectivity index (χ0) is 12.2. The summed E-state index contributed by atoms with van der Waals surface area (Å²) < 4.78 is 0. The highest BCUT2D eigenvalue weighted by Crippen LogP contribution is 2.10. The number of carboxylic acid groups (broad SMARTS) is 1. The van der Waals surface area contributed by atoms with Crippen molar-refractivity contribution in [1.82, 2.24) is 5.32 Å². The summed E-state index contributed by atoms with van der Waals surface area (Å²) in [4.78, 5) is 10.7. The zero-order valence-corrected chi connectivity index (χ0v) is 10.8. The first-order valence-electron chi connectivity index (χ1n) is 6.62. The molecule has 0 saturated carbocycles. The van der Waals surface area contributed by atoms with E-state index in [2.05, 4.69) is 12.2 Å². The number of likely N-dealkylation sites (N-methyl/N-ethyl adjacent to an activating group) is 1. The predicted molar refractivity (Wildman–Crippen MR) is 67.7 cm³/mol. The molecule has 0 radical (unpaired) electrons. The highest BCUT2D eigenvalue weighted by atomic mass is 16.4. The normalized spacial score (nSPS) is 12.6. The van der Waals surface area contributed by atoms with Crippen LogP contribution in [0.3, 0.4) is 0 Å². The van der Waals surface area contributed by atoms with Crippen molar-refractivity contribution in [3.63, 3.8) is 0 Å². The van der Waals surface area contributed by atoms with Crippen LogP contribution in [0.4, 0.5) is 0 Å².